The topological polar surface area (TPSA) is 41.6 Å². The van der Waals surface area contributed by atoms with Crippen LogP contribution in [-0.2, 0) is 0 Å². The Bertz CT molecular complexity index is 433. The van der Waals surface area contributed by atoms with Gasteiger partial charge in [-0.3, -0.25) is 4.79 Å². The number of rotatable bonds is 0. The van der Waals surface area contributed by atoms with Gasteiger partial charge in [-0.2, -0.15) is 0 Å². The van der Waals surface area contributed by atoms with Gasteiger partial charge in [-0.05, 0) is 12.1 Å². The van der Waals surface area contributed by atoms with Crippen LogP contribution in [0.4, 0.5) is 0 Å². The molecule has 1 aromatic rings. The third kappa shape index (κ3) is 1.30. The van der Waals surface area contributed by atoms with Crippen molar-refractivity contribution in [2.75, 3.05) is 20.1 Å². The maximum Gasteiger partial charge on any atom is 0.257 e. The molecule has 2 heterocycles. The largest absolute Gasteiger partial charge is 0.486 e. The molecular formula is C12H14N2O2. The molecule has 3 rings (SSSR count). The lowest BCUT2D eigenvalue weighted by atomic mass is 10.1. The molecule has 1 amide bonds. The summed E-state index contributed by atoms with van der Waals surface area (Å²) < 4.78 is 5.90. The van der Waals surface area contributed by atoms with Gasteiger partial charge in [0.1, 0.15) is 11.9 Å². The molecule has 2 atom stereocenters. The Morgan fingerprint density at radius 2 is 2.19 bits per heavy atom. The minimum Gasteiger partial charge on any atom is -0.486 e. The second-order valence-corrected chi connectivity index (χ2v) is 4.29. The third-order valence-electron chi connectivity index (χ3n) is 3.34. The lowest BCUT2D eigenvalue weighted by Crippen LogP contribution is -2.44. The Morgan fingerprint density at radius 3 is 3.06 bits per heavy atom. The second-order valence-electron chi connectivity index (χ2n) is 4.29. The molecular weight excluding hydrogens is 204 g/mol. The first-order chi connectivity index (χ1) is 7.77. The number of hydrogen-bond acceptors (Lipinski definition) is 3. The van der Waals surface area contributed by atoms with Crippen molar-refractivity contribution in [2.24, 2.45) is 0 Å². The molecule has 1 N–H and O–H groups in total. The maximum absolute atomic E-state index is 12.2. The first-order valence-corrected chi connectivity index (χ1v) is 5.51. The van der Waals surface area contributed by atoms with Crippen LogP contribution in [0.2, 0.25) is 0 Å². The van der Waals surface area contributed by atoms with E-state index >= 15 is 0 Å². The van der Waals surface area contributed by atoms with E-state index in [1.165, 1.54) is 0 Å². The SMILES string of the molecule is CN1C(=O)c2ccccc2OC2CNCC21. The Morgan fingerprint density at radius 1 is 1.38 bits per heavy atom. The van der Waals surface area contributed by atoms with Crippen molar-refractivity contribution in [1.29, 1.82) is 0 Å². The number of carbonyl (C=O) groups excluding carboxylic acids is 1. The van der Waals surface area contributed by atoms with Gasteiger partial charge in [0.05, 0.1) is 11.6 Å². The van der Waals surface area contributed by atoms with Gasteiger partial charge in [-0.25, -0.2) is 0 Å². The summed E-state index contributed by atoms with van der Waals surface area (Å²) in [6, 6.07) is 7.59. The number of likely N-dealkylation sites (N-methyl/N-ethyl adjacent to an activating group) is 1. The lowest BCUT2D eigenvalue weighted by molar-refractivity contribution is 0.0683. The Kier molecular flexibility index (Phi) is 2.11. The predicted molar refractivity (Wildman–Crippen MR) is 59.6 cm³/mol. The molecule has 2 unspecified atom stereocenters. The Hall–Kier alpha value is -1.55. The molecule has 4 nitrogen and oxygen atoms in total. The van der Waals surface area contributed by atoms with Gasteiger partial charge in [-0.1, -0.05) is 12.1 Å². The molecule has 0 bridgehead atoms. The zero-order chi connectivity index (χ0) is 11.1. The fraction of sp³-hybridized carbons (Fsp3) is 0.417. The van der Waals surface area contributed by atoms with E-state index in [4.69, 9.17) is 4.74 Å². The molecule has 1 aromatic carbocycles. The van der Waals surface area contributed by atoms with Crippen LogP contribution in [0.1, 0.15) is 10.4 Å². The first kappa shape index (κ1) is 9.66. The van der Waals surface area contributed by atoms with E-state index in [2.05, 4.69) is 5.32 Å². The summed E-state index contributed by atoms with van der Waals surface area (Å²) in [6.45, 7) is 1.61. The quantitative estimate of drug-likeness (QED) is 0.689. The molecule has 1 fully saturated rings. The van der Waals surface area contributed by atoms with Gasteiger partial charge in [0, 0.05) is 20.1 Å². The summed E-state index contributed by atoms with van der Waals surface area (Å²) in [5, 5.41) is 3.25. The molecule has 16 heavy (non-hydrogen) atoms. The average molecular weight is 218 g/mol. The zero-order valence-electron chi connectivity index (χ0n) is 9.14. The van der Waals surface area contributed by atoms with Gasteiger partial charge >= 0.3 is 0 Å². The summed E-state index contributed by atoms with van der Waals surface area (Å²) in [6.07, 6.45) is 0.0672. The highest BCUT2D eigenvalue weighted by molar-refractivity contribution is 5.97. The molecule has 0 radical (unpaired) electrons. The van der Waals surface area contributed by atoms with Crippen molar-refractivity contribution < 1.29 is 9.53 Å². The van der Waals surface area contributed by atoms with Gasteiger partial charge in [0.25, 0.3) is 5.91 Å². The van der Waals surface area contributed by atoms with E-state index in [-0.39, 0.29) is 18.1 Å². The molecule has 0 aromatic heterocycles. The molecule has 2 aliphatic heterocycles. The summed E-state index contributed by atoms with van der Waals surface area (Å²) in [4.78, 5) is 14.0. The number of benzene rings is 1. The highest BCUT2D eigenvalue weighted by Crippen LogP contribution is 2.27. The number of hydrogen-bond donors (Lipinski definition) is 1. The van der Waals surface area contributed by atoms with Crippen LogP contribution in [0.3, 0.4) is 0 Å². The van der Waals surface area contributed by atoms with Crippen molar-refractivity contribution in [1.82, 2.24) is 10.2 Å². The number of nitrogens with one attached hydrogen (secondary N) is 1. The van der Waals surface area contributed by atoms with E-state index in [0.29, 0.717) is 11.3 Å². The van der Waals surface area contributed by atoms with Crippen molar-refractivity contribution in [3.8, 4) is 5.75 Å². The highest BCUT2D eigenvalue weighted by Gasteiger charge is 2.38. The predicted octanol–water partition coefficient (Wildman–Crippen LogP) is 0.491. The average Bonchev–Trinajstić information content (AvgIpc) is 2.72. The summed E-state index contributed by atoms with van der Waals surface area (Å²) in [5.41, 5.74) is 0.666. The number of nitrogens with zero attached hydrogens (tertiary/aromatic N) is 1. The van der Waals surface area contributed by atoms with Crippen LogP contribution >= 0.6 is 0 Å². The molecule has 1 saturated heterocycles. The van der Waals surface area contributed by atoms with E-state index in [0.717, 1.165) is 13.1 Å². The van der Waals surface area contributed by atoms with Gasteiger partial charge in [0.15, 0.2) is 0 Å². The van der Waals surface area contributed by atoms with Crippen LogP contribution in [-0.4, -0.2) is 43.1 Å². The number of carbonyl (C=O) groups is 1. The monoisotopic (exact) mass is 218 g/mol. The fourth-order valence-electron chi connectivity index (χ4n) is 2.40. The van der Waals surface area contributed by atoms with E-state index < -0.39 is 0 Å². The van der Waals surface area contributed by atoms with E-state index in [9.17, 15) is 4.79 Å². The highest BCUT2D eigenvalue weighted by atomic mass is 16.5. The molecule has 2 aliphatic rings. The maximum atomic E-state index is 12.2. The van der Waals surface area contributed by atoms with Crippen molar-refractivity contribution in [3.63, 3.8) is 0 Å². The minimum atomic E-state index is 0.0480. The number of amides is 1. The normalized spacial score (nSPS) is 28.1. The standard InChI is InChI=1S/C12H14N2O2/c1-14-9-6-13-7-11(9)16-10-5-3-2-4-8(10)12(14)15/h2-5,9,11,13H,6-7H2,1H3. The summed E-state index contributed by atoms with van der Waals surface area (Å²) >= 11 is 0. The molecule has 0 aliphatic carbocycles. The van der Waals surface area contributed by atoms with E-state index in [1.54, 1.807) is 4.90 Å². The van der Waals surface area contributed by atoms with Crippen molar-refractivity contribution in [2.45, 2.75) is 12.1 Å². The van der Waals surface area contributed by atoms with Crippen molar-refractivity contribution in [3.05, 3.63) is 29.8 Å². The van der Waals surface area contributed by atoms with Crippen LogP contribution in [0.15, 0.2) is 24.3 Å². The van der Waals surface area contributed by atoms with Gasteiger partial charge in [0.2, 0.25) is 0 Å². The minimum absolute atomic E-state index is 0.0480. The molecule has 0 spiro atoms. The number of fused-ring (bicyclic) bond motifs is 2. The summed E-state index contributed by atoms with van der Waals surface area (Å²) in [5.74, 6) is 0.752. The third-order valence-corrected chi connectivity index (χ3v) is 3.34. The second kappa shape index (κ2) is 3.49. The Balaban J connectivity index is 2.07. The van der Waals surface area contributed by atoms with Crippen LogP contribution in [0.5, 0.6) is 5.75 Å². The van der Waals surface area contributed by atoms with Crippen LogP contribution in [0, 0.1) is 0 Å². The fourth-order valence-corrected chi connectivity index (χ4v) is 2.40. The Labute approximate surface area is 94.2 Å². The zero-order valence-corrected chi connectivity index (χ0v) is 9.14. The molecule has 4 heteroatoms. The molecule has 0 saturated carbocycles. The smallest absolute Gasteiger partial charge is 0.257 e. The number of para-hydroxylation sites is 1. The lowest BCUT2D eigenvalue weighted by Gasteiger charge is -2.24. The van der Waals surface area contributed by atoms with Crippen LogP contribution in [0.25, 0.3) is 0 Å². The summed E-state index contributed by atoms with van der Waals surface area (Å²) in [7, 11) is 1.85. The van der Waals surface area contributed by atoms with Crippen molar-refractivity contribution >= 4 is 5.91 Å². The van der Waals surface area contributed by atoms with Crippen LogP contribution < -0.4 is 10.1 Å². The van der Waals surface area contributed by atoms with E-state index in [1.807, 2.05) is 31.3 Å². The van der Waals surface area contributed by atoms with Gasteiger partial charge < -0.3 is 15.0 Å². The first-order valence-electron chi connectivity index (χ1n) is 5.51. The van der Waals surface area contributed by atoms with Gasteiger partial charge in [-0.15, -0.1) is 0 Å². The number of ether oxygens (including phenoxy) is 1. The molecule has 84 valence electrons.